The van der Waals surface area contributed by atoms with E-state index in [9.17, 15) is 4.79 Å². The normalized spacial score (nSPS) is 14.7. The van der Waals surface area contributed by atoms with Gasteiger partial charge in [0.15, 0.2) is 6.29 Å². The predicted octanol–water partition coefficient (Wildman–Crippen LogP) is 0.875. The Morgan fingerprint density at radius 2 is 1.76 bits per heavy atom. The van der Waals surface area contributed by atoms with Gasteiger partial charge in [0, 0.05) is 13.2 Å². The summed E-state index contributed by atoms with van der Waals surface area (Å²) in [4.78, 5) is 11.7. The topological polar surface area (TPSA) is 73.6 Å². The Hall–Kier alpha value is -0.650. The average molecular weight is 246 g/mol. The molecule has 0 saturated heterocycles. The third kappa shape index (κ3) is 6.61. The van der Waals surface area contributed by atoms with Gasteiger partial charge >= 0.3 is 0 Å². The van der Waals surface area contributed by atoms with E-state index < -0.39 is 12.3 Å². The highest BCUT2D eigenvalue weighted by molar-refractivity contribution is 5.81. The third-order valence-corrected chi connectivity index (χ3v) is 2.71. The molecule has 2 atom stereocenters. The van der Waals surface area contributed by atoms with Crippen LogP contribution in [0.3, 0.4) is 0 Å². The van der Waals surface area contributed by atoms with Crippen LogP contribution in [-0.4, -0.2) is 38.0 Å². The number of rotatable bonds is 9. The SMILES string of the molecule is CCOC(CNC(=O)[C@@H](N)C(C)CC)OCC. The first kappa shape index (κ1) is 16.4. The van der Waals surface area contributed by atoms with Gasteiger partial charge < -0.3 is 20.5 Å². The first-order valence-corrected chi connectivity index (χ1v) is 6.33. The van der Waals surface area contributed by atoms with E-state index in [0.29, 0.717) is 19.8 Å². The Morgan fingerprint density at radius 1 is 1.24 bits per heavy atom. The molecular formula is C12H26N2O3. The van der Waals surface area contributed by atoms with Gasteiger partial charge in [0.1, 0.15) is 0 Å². The van der Waals surface area contributed by atoms with Crippen molar-refractivity contribution in [2.45, 2.75) is 46.4 Å². The lowest BCUT2D eigenvalue weighted by atomic mass is 9.99. The maximum atomic E-state index is 11.7. The molecule has 0 heterocycles. The molecule has 0 aliphatic rings. The molecule has 0 radical (unpaired) electrons. The van der Waals surface area contributed by atoms with Crippen LogP contribution in [-0.2, 0) is 14.3 Å². The van der Waals surface area contributed by atoms with Crippen molar-refractivity contribution in [3.63, 3.8) is 0 Å². The van der Waals surface area contributed by atoms with Crippen LogP contribution in [0.15, 0.2) is 0 Å². The molecule has 0 rings (SSSR count). The molecule has 0 aliphatic heterocycles. The van der Waals surface area contributed by atoms with Crippen molar-refractivity contribution in [2.75, 3.05) is 19.8 Å². The zero-order chi connectivity index (χ0) is 13.3. The quantitative estimate of drug-likeness (QED) is 0.592. The van der Waals surface area contributed by atoms with Crippen LogP contribution in [0.2, 0.25) is 0 Å². The van der Waals surface area contributed by atoms with Crippen molar-refractivity contribution in [3.05, 3.63) is 0 Å². The van der Waals surface area contributed by atoms with E-state index in [1.807, 2.05) is 27.7 Å². The van der Waals surface area contributed by atoms with Crippen molar-refractivity contribution in [3.8, 4) is 0 Å². The molecule has 0 bridgehead atoms. The molecule has 1 unspecified atom stereocenters. The Morgan fingerprint density at radius 3 is 2.18 bits per heavy atom. The number of hydrogen-bond donors (Lipinski definition) is 2. The number of carbonyl (C=O) groups is 1. The Kier molecular flexibility index (Phi) is 9.03. The lowest BCUT2D eigenvalue weighted by molar-refractivity contribution is -0.141. The lowest BCUT2D eigenvalue weighted by Crippen LogP contribution is -2.47. The van der Waals surface area contributed by atoms with Crippen LogP contribution in [0, 0.1) is 5.92 Å². The van der Waals surface area contributed by atoms with Gasteiger partial charge in [-0.1, -0.05) is 20.3 Å². The molecule has 5 heteroatoms. The van der Waals surface area contributed by atoms with E-state index in [1.54, 1.807) is 0 Å². The number of carbonyl (C=O) groups excluding carboxylic acids is 1. The van der Waals surface area contributed by atoms with Crippen LogP contribution in [0.25, 0.3) is 0 Å². The third-order valence-electron chi connectivity index (χ3n) is 2.71. The molecule has 0 saturated carbocycles. The van der Waals surface area contributed by atoms with Crippen molar-refractivity contribution in [2.24, 2.45) is 11.7 Å². The predicted molar refractivity (Wildman–Crippen MR) is 67.5 cm³/mol. The summed E-state index contributed by atoms with van der Waals surface area (Å²) in [7, 11) is 0. The highest BCUT2D eigenvalue weighted by Gasteiger charge is 2.20. The molecule has 102 valence electrons. The molecule has 0 aliphatic carbocycles. The van der Waals surface area contributed by atoms with E-state index >= 15 is 0 Å². The van der Waals surface area contributed by atoms with Gasteiger partial charge in [0.2, 0.25) is 5.91 Å². The lowest BCUT2D eigenvalue weighted by Gasteiger charge is -2.21. The molecule has 17 heavy (non-hydrogen) atoms. The monoisotopic (exact) mass is 246 g/mol. The van der Waals surface area contributed by atoms with Gasteiger partial charge in [-0.3, -0.25) is 4.79 Å². The molecule has 3 N–H and O–H groups in total. The standard InChI is InChI=1S/C12H26N2O3/c1-5-9(4)11(13)12(15)14-8-10(16-6-2)17-7-3/h9-11H,5-8,13H2,1-4H3,(H,14,15)/t9?,11-/m0/s1. The first-order chi connectivity index (χ1) is 8.06. The van der Waals surface area contributed by atoms with E-state index in [2.05, 4.69) is 5.32 Å². The largest absolute Gasteiger partial charge is 0.351 e. The van der Waals surface area contributed by atoms with Gasteiger partial charge in [-0.2, -0.15) is 0 Å². The minimum absolute atomic E-state index is 0.149. The van der Waals surface area contributed by atoms with Gasteiger partial charge in [-0.25, -0.2) is 0 Å². The summed E-state index contributed by atoms with van der Waals surface area (Å²) in [6, 6.07) is -0.469. The van der Waals surface area contributed by atoms with Crippen molar-refractivity contribution in [1.82, 2.24) is 5.32 Å². The molecule has 0 aromatic carbocycles. The van der Waals surface area contributed by atoms with Crippen LogP contribution in [0.5, 0.6) is 0 Å². The fraction of sp³-hybridized carbons (Fsp3) is 0.917. The van der Waals surface area contributed by atoms with E-state index in [0.717, 1.165) is 6.42 Å². The highest BCUT2D eigenvalue weighted by Crippen LogP contribution is 2.05. The number of nitrogens with one attached hydrogen (secondary N) is 1. The molecule has 0 fully saturated rings. The fourth-order valence-corrected chi connectivity index (χ4v) is 1.35. The second-order valence-corrected chi connectivity index (χ2v) is 4.00. The van der Waals surface area contributed by atoms with Crippen LogP contribution in [0.4, 0.5) is 0 Å². The summed E-state index contributed by atoms with van der Waals surface area (Å²) in [6.07, 6.45) is 0.493. The van der Waals surface area contributed by atoms with Gasteiger partial charge in [0.25, 0.3) is 0 Å². The Labute approximate surface area is 104 Å². The van der Waals surface area contributed by atoms with E-state index in [4.69, 9.17) is 15.2 Å². The number of amides is 1. The fourth-order valence-electron chi connectivity index (χ4n) is 1.35. The summed E-state index contributed by atoms with van der Waals surface area (Å²) in [6.45, 7) is 9.20. The smallest absolute Gasteiger partial charge is 0.237 e. The highest BCUT2D eigenvalue weighted by atomic mass is 16.7. The summed E-state index contributed by atoms with van der Waals surface area (Å²) < 4.78 is 10.6. The van der Waals surface area contributed by atoms with Crippen LogP contribution >= 0.6 is 0 Å². The minimum atomic E-state index is -0.469. The molecule has 0 spiro atoms. The van der Waals surface area contributed by atoms with Gasteiger partial charge in [-0.15, -0.1) is 0 Å². The minimum Gasteiger partial charge on any atom is -0.351 e. The van der Waals surface area contributed by atoms with Crippen LogP contribution < -0.4 is 11.1 Å². The summed E-state index contributed by atoms with van der Waals surface area (Å²) >= 11 is 0. The second-order valence-electron chi connectivity index (χ2n) is 4.00. The summed E-state index contributed by atoms with van der Waals surface area (Å²) in [5, 5.41) is 2.75. The maximum absolute atomic E-state index is 11.7. The average Bonchev–Trinajstić information content (AvgIpc) is 2.34. The number of hydrogen-bond acceptors (Lipinski definition) is 4. The molecule has 0 aromatic heterocycles. The van der Waals surface area contributed by atoms with Crippen molar-refractivity contribution < 1.29 is 14.3 Å². The molecule has 1 amide bonds. The van der Waals surface area contributed by atoms with E-state index in [-0.39, 0.29) is 11.8 Å². The molecular weight excluding hydrogens is 220 g/mol. The zero-order valence-electron chi connectivity index (χ0n) is 11.4. The summed E-state index contributed by atoms with van der Waals surface area (Å²) in [5.41, 5.74) is 5.81. The van der Waals surface area contributed by atoms with E-state index in [1.165, 1.54) is 0 Å². The van der Waals surface area contributed by atoms with Gasteiger partial charge in [0.05, 0.1) is 12.6 Å². The Balaban J connectivity index is 4.02. The van der Waals surface area contributed by atoms with Crippen molar-refractivity contribution in [1.29, 1.82) is 0 Å². The summed E-state index contributed by atoms with van der Waals surface area (Å²) in [5.74, 6) is 0.0244. The number of nitrogens with two attached hydrogens (primary N) is 1. The van der Waals surface area contributed by atoms with Gasteiger partial charge in [-0.05, 0) is 19.8 Å². The number of ether oxygens (including phenoxy) is 2. The Bertz CT molecular complexity index is 206. The van der Waals surface area contributed by atoms with Crippen molar-refractivity contribution >= 4 is 5.91 Å². The van der Waals surface area contributed by atoms with Crippen LogP contribution in [0.1, 0.15) is 34.1 Å². The molecule has 5 nitrogen and oxygen atoms in total. The maximum Gasteiger partial charge on any atom is 0.237 e. The zero-order valence-corrected chi connectivity index (χ0v) is 11.4. The molecule has 0 aromatic rings. The second kappa shape index (κ2) is 9.39. The first-order valence-electron chi connectivity index (χ1n) is 6.33.